The number of nitrogens with one attached hydrogen (secondary N) is 2. The highest BCUT2D eigenvalue weighted by molar-refractivity contribution is 6.39. The standard InChI is InChI=1S/C22H26FN5O4/c1-16-3-6-19(28(31)32)15-20(16)25-22(30)21(29)24-9-2-10-26-11-13-27(14-12-26)18-7-4-17(23)5-8-18/h3-8,15H,2,9-14H2,1H3,(H,24,29)(H,25,30). The predicted octanol–water partition coefficient (Wildman–Crippen LogP) is 2.31. The number of carbonyl (C=O) groups excluding carboxylic acids is 2. The Bertz CT molecular complexity index is 975. The minimum absolute atomic E-state index is 0.161. The zero-order chi connectivity index (χ0) is 23.1. The van der Waals surface area contributed by atoms with Gasteiger partial charge in [-0.25, -0.2) is 4.39 Å². The minimum Gasteiger partial charge on any atom is -0.369 e. The summed E-state index contributed by atoms with van der Waals surface area (Å²) in [4.78, 5) is 39.0. The second-order valence-corrected chi connectivity index (χ2v) is 7.63. The van der Waals surface area contributed by atoms with Gasteiger partial charge in [0.15, 0.2) is 0 Å². The van der Waals surface area contributed by atoms with Gasteiger partial charge in [0.1, 0.15) is 5.82 Å². The lowest BCUT2D eigenvalue weighted by atomic mass is 10.2. The fourth-order valence-electron chi connectivity index (χ4n) is 3.50. The van der Waals surface area contributed by atoms with Gasteiger partial charge in [-0.2, -0.15) is 0 Å². The average Bonchev–Trinajstić information content (AvgIpc) is 2.78. The van der Waals surface area contributed by atoms with E-state index in [9.17, 15) is 24.1 Å². The SMILES string of the molecule is Cc1ccc([N+](=O)[O-])cc1NC(=O)C(=O)NCCCN1CCN(c2ccc(F)cc2)CC1. The van der Waals surface area contributed by atoms with Crippen molar-refractivity contribution in [3.05, 3.63) is 64.0 Å². The van der Waals surface area contributed by atoms with Crippen molar-refractivity contribution in [3.8, 4) is 0 Å². The molecule has 2 amide bonds. The lowest BCUT2D eigenvalue weighted by molar-refractivity contribution is -0.384. The molecule has 0 radical (unpaired) electrons. The molecule has 0 unspecified atom stereocenters. The third-order valence-electron chi connectivity index (χ3n) is 5.39. The second-order valence-electron chi connectivity index (χ2n) is 7.63. The molecule has 0 atom stereocenters. The van der Waals surface area contributed by atoms with Crippen molar-refractivity contribution in [2.45, 2.75) is 13.3 Å². The Morgan fingerprint density at radius 2 is 1.75 bits per heavy atom. The number of piperazine rings is 1. The van der Waals surface area contributed by atoms with Gasteiger partial charge in [-0.3, -0.25) is 24.6 Å². The number of halogens is 1. The first-order valence-corrected chi connectivity index (χ1v) is 10.4. The second kappa shape index (κ2) is 10.7. The Hall–Kier alpha value is -3.53. The summed E-state index contributed by atoms with van der Waals surface area (Å²) in [5, 5.41) is 15.9. The molecule has 0 bridgehead atoms. The maximum absolute atomic E-state index is 13.1. The quantitative estimate of drug-likeness (QED) is 0.294. The summed E-state index contributed by atoms with van der Waals surface area (Å²) < 4.78 is 13.1. The van der Waals surface area contributed by atoms with Crippen molar-refractivity contribution >= 4 is 28.9 Å². The van der Waals surface area contributed by atoms with Crippen molar-refractivity contribution < 1.29 is 18.9 Å². The first-order valence-electron chi connectivity index (χ1n) is 10.4. The molecule has 2 aromatic carbocycles. The summed E-state index contributed by atoms with van der Waals surface area (Å²) in [7, 11) is 0. The molecule has 3 rings (SSSR count). The number of benzene rings is 2. The van der Waals surface area contributed by atoms with Crippen LogP contribution >= 0.6 is 0 Å². The van der Waals surface area contributed by atoms with Gasteiger partial charge in [-0.15, -0.1) is 0 Å². The molecule has 0 spiro atoms. The van der Waals surface area contributed by atoms with Gasteiger partial charge in [-0.05, 0) is 49.7 Å². The summed E-state index contributed by atoms with van der Waals surface area (Å²) in [5.41, 5.74) is 1.70. The first kappa shape index (κ1) is 23.1. The van der Waals surface area contributed by atoms with Crippen LogP contribution in [0.5, 0.6) is 0 Å². The van der Waals surface area contributed by atoms with Crippen LogP contribution in [0.15, 0.2) is 42.5 Å². The molecule has 2 aromatic rings. The largest absolute Gasteiger partial charge is 0.369 e. The lowest BCUT2D eigenvalue weighted by Crippen LogP contribution is -2.47. The third kappa shape index (κ3) is 6.24. The number of amides is 2. The molecule has 0 aliphatic carbocycles. The van der Waals surface area contributed by atoms with Crippen LogP contribution in [0.3, 0.4) is 0 Å². The number of nitro benzene ring substituents is 1. The van der Waals surface area contributed by atoms with E-state index in [2.05, 4.69) is 20.4 Å². The topological polar surface area (TPSA) is 108 Å². The van der Waals surface area contributed by atoms with E-state index in [1.54, 1.807) is 19.1 Å². The van der Waals surface area contributed by atoms with E-state index in [0.29, 0.717) is 18.5 Å². The molecule has 0 aromatic heterocycles. The number of non-ortho nitro benzene ring substituents is 1. The van der Waals surface area contributed by atoms with E-state index >= 15 is 0 Å². The molecule has 32 heavy (non-hydrogen) atoms. The molecule has 1 fully saturated rings. The molecular formula is C22H26FN5O4. The van der Waals surface area contributed by atoms with Gasteiger partial charge in [0.05, 0.1) is 10.6 Å². The molecule has 9 nitrogen and oxygen atoms in total. The maximum Gasteiger partial charge on any atom is 0.313 e. The Kier molecular flexibility index (Phi) is 7.72. The van der Waals surface area contributed by atoms with Gasteiger partial charge >= 0.3 is 11.8 Å². The van der Waals surface area contributed by atoms with E-state index in [1.807, 2.05) is 0 Å². The summed E-state index contributed by atoms with van der Waals surface area (Å²) in [6, 6.07) is 10.6. The summed E-state index contributed by atoms with van der Waals surface area (Å²) in [5.74, 6) is -1.89. The monoisotopic (exact) mass is 443 g/mol. The fourth-order valence-corrected chi connectivity index (χ4v) is 3.50. The fraction of sp³-hybridized carbons (Fsp3) is 0.364. The number of anilines is 2. The molecule has 10 heteroatoms. The summed E-state index contributed by atoms with van der Waals surface area (Å²) >= 11 is 0. The maximum atomic E-state index is 13.1. The normalized spacial score (nSPS) is 14.1. The lowest BCUT2D eigenvalue weighted by Gasteiger charge is -2.36. The van der Waals surface area contributed by atoms with Crippen LogP contribution in [0.2, 0.25) is 0 Å². The smallest absolute Gasteiger partial charge is 0.313 e. The van der Waals surface area contributed by atoms with Crippen molar-refractivity contribution in [1.82, 2.24) is 10.2 Å². The van der Waals surface area contributed by atoms with E-state index in [-0.39, 0.29) is 17.2 Å². The molecule has 170 valence electrons. The molecule has 0 saturated carbocycles. The predicted molar refractivity (Wildman–Crippen MR) is 119 cm³/mol. The number of nitrogens with zero attached hydrogens (tertiary/aromatic N) is 3. The Balaban J connectivity index is 1.36. The number of rotatable bonds is 7. The van der Waals surface area contributed by atoms with Gasteiger partial charge in [0, 0.05) is 50.5 Å². The highest BCUT2D eigenvalue weighted by Gasteiger charge is 2.18. The van der Waals surface area contributed by atoms with Gasteiger partial charge in [0.25, 0.3) is 5.69 Å². The van der Waals surface area contributed by atoms with E-state index in [0.717, 1.165) is 38.4 Å². The molecular weight excluding hydrogens is 417 g/mol. The van der Waals surface area contributed by atoms with Crippen molar-refractivity contribution in [3.63, 3.8) is 0 Å². The van der Waals surface area contributed by atoms with Crippen LogP contribution in [0.4, 0.5) is 21.5 Å². The molecule has 1 heterocycles. The molecule has 1 aliphatic rings. The van der Waals surface area contributed by atoms with Crippen LogP contribution in [-0.2, 0) is 9.59 Å². The van der Waals surface area contributed by atoms with E-state index in [4.69, 9.17) is 0 Å². The zero-order valence-electron chi connectivity index (χ0n) is 17.8. The number of hydrogen-bond acceptors (Lipinski definition) is 6. The Morgan fingerprint density at radius 3 is 2.41 bits per heavy atom. The highest BCUT2D eigenvalue weighted by atomic mass is 19.1. The highest BCUT2D eigenvalue weighted by Crippen LogP contribution is 2.21. The van der Waals surface area contributed by atoms with Gasteiger partial charge < -0.3 is 15.5 Å². The zero-order valence-corrected chi connectivity index (χ0v) is 17.8. The number of nitro groups is 1. The van der Waals surface area contributed by atoms with E-state index in [1.165, 1.54) is 30.3 Å². The first-order chi connectivity index (χ1) is 15.3. The average molecular weight is 443 g/mol. The molecule has 1 saturated heterocycles. The third-order valence-corrected chi connectivity index (χ3v) is 5.39. The van der Waals surface area contributed by atoms with Crippen LogP contribution in [-0.4, -0.2) is 60.9 Å². The number of aryl methyl sites for hydroxylation is 1. The Morgan fingerprint density at radius 1 is 1.06 bits per heavy atom. The van der Waals surface area contributed by atoms with Gasteiger partial charge in [-0.1, -0.05) is 6.07 Å². The number of carbonyl (C=O) groups is 2. The Labute approximate surface area is 185 Å². The van der Waals surface area contributed by atoms with E-state index < -0.39 is 16.7 Å². The van der Waals surface area contributed by atoms with Crippen molar-refractivity contribution in [2.75, 3.05) is 49.5 Å². The van der Waals surface area contributed by atoms with Crippen LogP contribution < -0.4 is 15.5 Å². The van der Waals surface area contributed by atoms with Crippen LogP contribution in [0, 0.1) is 22.9 Å². The summed E-state index contributed by atoms with van der Waals surface area (Å²) in [6.45, 7) is 6.20. The summed E-state index contributed by atoms with van der Waals surface area (Å²) in [6.07, 6.45) is 0.686. The minimum atomic E-state index is -0.860. The van der Waals surface area contributed by atoms with Crippen molar-refractivity contribution in [2.24, 2.45) is 0 Å². The molecule has 2 N–H and O–H groups in total. The van der Waals surface area contributed by atoms with Crippen LogP contribution in [0.1, 0.15) is 12.0 Å². The molecule has 1 aliphatic heterocycles. The number of hydrogen-bond donors (Lipinski definition) is 2. The van der Waals surface area contributed by atoms with Crippen LogP contribution in [0.25, 0.3) is 0 Å². The van der Waals surface area contributed by atoms with Gasteiger partial charge in [0.2, 0.25) is 0 Å². The van der Waals surface area contributed by atoms with Crippen molar-refractivity contribution in [1.29, 1.82) is 0 Å².